The second-order valence-electron chi connectivity index (χ2n) is 46.9. The fraction of sp³-hybridized carbons (Fsp3) is 0.579. The maximum Gasteiger partial charge on any atom is 0.342 e. The highest BCUT2D eigenvalue weighted by atomic mass is 32.2. The van der Waals surface area contributed by atoms with E-state index in [9.17, 15) is 9.59 Å². The maximum atomic E-state index is 14.7. The smallest absolute Gasteiger partial charge is 0.342 e. The predicted molar refractivity (Wildman–Crippen MR) is 605 cm³/mol. The fourth-order valence-electron chi connectivity index (χ4n) is 17.7. The second-order valence-corrected chi connectivity index (χ2v) is 77.4. The third-order valence-corrected chi connectivity index (χ3v) is 51.8. The van der Waals surface area contributed by atoms with Crippen molar-refractivity contribution in [2.24, 2.45) is 22.1 Å². The van der Waals surface area contributed by atoms with E-state index in [0.717, 1.165) is 17.0 Å². The first kappa shape index (κ1) is 122. The lowest BCUT2D eigenvalue weighted by Crippen LogP contribution is -2.67. The summed E-state index contributed by atoms with van der Waals surface area (Å²) in [6.07, 6.45) is 9.83. The molecule has 0 saturated carbocycles. The second kappa shape index (κ2) is 54.7. The molecule has 11 atom stereocenters. The highest BCUT2D eigenvalue weighted by Gasteiger charge is 2.55. The molecule has 0 aliphatic carbocycles. The Morgan fingerprint density at radius 2 is 0.779 bits per heavy atom. The van der Waals surface area contributed by atoms with Crippen molar-refractivity contribution < 1.29 is 84.1 Å². The Labute approximate surface area is 879 Å². The summed E-state index contributed by atoms with van der Waals surface area (Å²) >= 11 is 1.64. The summed E-state index contributed by atoms with van der Waals surface area (Å²) in [5, 5.41) is 11.5. The molecule has 0 spiro atoms. The zero-order valence-electron chi connectivity index (χ0n) is 93.4. The summed E-state index contributed by atoms with van der Waals surface area (Å²) in [5.74, 6) is -0.983. The van der Waals surface area contributed by atoms with Gasteiger partial charge in [0.05, 0.1) is 50.8 Å². The molecular weight excluding hydrogens is 1940 g/mol. The first-order valence-corrected chi connectivity index (χ1v) is 69.8. The highest BCUT2D eigenvalue weighted by molar-refractivity contribution is 7.99. The van der Waals surface area contributed by atoms with Crippen LogP contribution in [0, 0.1) is 11.8 Å². The average Bonchev–Trinajstić information content (AvgIpc) is 1.03. The van der Waals surface area contributed by atoms with Crippen molar-refractivity contribution in [3.8, 4) is 23.0 Å². The number of nitrogens with zero attached hydrogens (tertiary/aromatic N) is 6. The van der Waals surface area contributed by atoms with E-state index >= 15 is 0 Å². The zero-order valence-corrected chi connectivity index (χ0v) is 100. The van der Waals surface area contributed by atoms with E-state index in [1.807, 2.05) is 58.0 Å². The van der Waals surface area contributed by atoms with E-state index < -0.39 is 103 Å². The lowest BCUT2D eigenvalue weighted by Gasteiger charge is -2.45. The summed E-state index contributed by atoms with van der Waals surface area (Å²) in [5.41, 5.74) is 19.8. The lowest BCUT2D eigenvalue weighted by atomic mass is 9.95. The summed E-state index contributed by atoms with van der Waals surface area (Å²) in [4.78, 5) is 35.6. The Balaban J connectivity index is 0.000000356. The van der Waals surface area contributed by atoms with Gasteiger partial charge in [-0.25, -0.2) is 9.59 Å². The van der Waals surface area contributed by atoms with Crippen LogP contribution in [0.1, 0.15) is 214 Å². The quantitative estimate of drug-likeness (QED) is 0.00394. The van der Waals surface area contributed by atoms with E-state index in [0.29, 0.717) is 110 Å². The highest BCUT2D eigenvalue weighted by Crippen LogP contribution is 2.51. The Bertz CT molecular complexity index is 5230. The van der Waals surface area contributed by atoms with Gasteiger partial charge in [0, 0.05) is 86.8 Å². The number of hydrogen-bond donors (Lipinski definition) is 0. The van der Waals surface area contributed by atoms with Gasteiger partial charge in [0.25, 0.3) is 16.6 Å². The molecule has 9 rings (SSSR count). The number of methoxy groups -OCH3 is 2. The Hall–Kier alpha value is -7.97. The molecule has 24 nitrogen and oxygen atoms in total. The van der Waals surface area contributed by atoms with Gasteiger partial charge in [-0.05, 0) is 225 Å². The molecule has 7 aromatic carbocycles. The van der Waals surface area contributed by atoms with Gasteiger partial charge in [-0.15, -0.1) is 11.8 Å². The Morgan fingerprint density at radius 1 is 0.428 bits per heavy atom. The van der Waals surface area contributed by atoms with Gasteiger partial charge in [-0.2, -0.15) is 0 Å². The number of esters is 2. The Kier molecular flexibility index (Phi) is 46.1. The molecule has 7 aromatic rings. The summed E-state index contributed by atoms with van der Waals surface area (Å²) in [6, 6.07) is 62.1. The van der Waals surface area contributed by atoms with Crippen molar-refractivity contribution in [3.05, 3.63) is 243 Å². The van der Waals surface area contributed by atoms with E-state index in [4.69, 9.17) is 85.6 Å². The molecule has 0 aromatic heterocycles. The van der Waals surface area contributed by atoms with Crippen molar-refractivity contribution in [1.82, 2.24) is 0 Å². The van der Waals surface area contributed by atoms with Crippen LogP contribution in [0.3, 0.4) is 0 Å². The number of hydrogen-bond acceptors (Lipinski definition) is 21. The molecule has 0 amide bonds. The van der Waals surface area contributed by atoms with Gasteiger partial charge < -0.3 is 74.5 Å². The van der Waals surface area contributed by atoms with E-state index in [1.54, 1.807) is 38.1 Å². The largest absolute Gasteiger partial charge is 0.493 e. The minimum Gasteiger partial charge on any atom is -0.493 e. The number of azide groups is 2. The molecule has 0 N–H and O–H groups in total. The number of ether oxygens (including phenoxy) is 12. The minimum absolute atomic E-state index is 0.00533. The molecule has 2 heterocycles. The Morgan fingerprint density at radius 3 is 1.14 bits per heavy atom. The van der Waals surface area contributed by atoms with E-state index in [-0.39, 0.29) is 88.9 Å². The molecule has 2 aliphatic heterocycles. The first-order valence-electron chi connectivity index (χ1n) is 51.9. The number of carbonyl (C=O) groups excluding carboxylic acids is 2. The van der Waals surface area contributed by atoms with Crippen LogP contribution in [-0.2, 0) is 62.0 Å². The zero-order chi connectivity index (χ0) is 107. The monoisotopic (exact) mass is 2120 g/mol. The number of carbonyl (C=O) groups is 2. The molecular formula is C114H174N6O18SSi6. The van der Waals surface area contributed by atoms with Crippen molar-refractivity contribution in [1.29, 1.82) is 0 Å². The molecule has 2 saturated heterocycles. The van der Waals surface area contributed by atoms with Crippen molar-refractivity contribution in [2.45, 2.75) is 352 Å². The number of rotatable bonds is 54. The van der Waals surface area contributed by atoms with Crippen LogP contribution < -0.4 is 39.7 Å². The minimum atomic E-state index is -2.85. The number of thioether (sulfide) groups is 1. The van der Waals surface area contributed by atoms with Crippen molar-refractivity contribution in [2.75, 3.05) is 67.3 Å². The van der Waals surface area contributed by atoms with Gasteiger partial charge in [0.1, 0.15) is 46.3 Å². The van der Waals surface area contributed by atoms with Crippen molar-refractivity contribution in [3.63, 3.8) is 0 Å². The van der Waals surface area contributed by atoms with Gasteiger partial charge in [-0.3, -0.25) is 0 Å². The average molecular weight is 2120 g/mol. The summed E-state index contributed by atoms with van der Waals surface area (Å²) in [7, 11) is -10.4. The van der Waals surface area contributed by atoms with E-state index in [2.05, 4.69) is 354 Å². The molecule has 2 fully saturated rings. The van der Waals surface area contributed by atoms with Crippen LogP contribution in [0.25, 0.3) is 20.9 Å². The molecule has 798 valence electrons. The molecule has 31 heteroatoms. The SMILES string of the molecule is COCOc1ccc(OCCCN=[N+]=[N-])c(C(CC[C@@H]2OC(C)(C)O[C@@H]2C(/C=C\[C@@H](C)[C@@H](C)O[Si](c2ccccc2)(c2ccccc2)C(C)(C)C)O[Si](C)(C)C(C)(C)C)Sc2ccccc2)c1C(=O)OCC[Si](C)(C)C.COCOc1ccc(OCCCN=[N+]=[N-])c(CCC[C@@H]2OC(C)(C)O[C@@H]2C(/C=C\[C@@H](C)[C@@H](C)O[Si](c2ccccc2)(c2ccccc2)C(C)(C)C)O[Si](C)(C)C(C)(C)C)c1C(=O)OCC[Si](C)(C)C. The van der Waals surface area contributed by atoms with Crippen LogP contribution in [0.5, 0.6) is 23.0 Å². The molecule has 0 radical (unpaired) electrons. The van der Waals surface area contributed by atoms with Crippen LogP contribution in [-0.4, -0.2) is 189 Å². The normalized spacial score (nSPS) is 18.0. The maximum absolute atomic E-state index is 14.7. The van der Waals surface area contributed by atoms with Gasteiger partial charge in [-0.1, -0.05) is 310 Å². The van der Waals surface area contributed by atoms with Crippen molar-refractivity contribution >= 4 is 93.9 Å². The van der Waals surface area contributed by atoms with Gasteiger partial charge >= 0.3 is 11.9 Å². The van der Waals surface area contributed by atoms with Gasteiger partial charge in [0.15, 0.2) is 41.8 Å². The van der Waals surface area contributed by atoms with Crippen LogP contribution >= 0.6 is 11.8 Å². The van der Waals surface area contributed by atoms with E-state index in [1.165, 1.54) is 20.7 Å². The van der Waals surface area contributed by atoms with Crippen LogP contribution in [0.2, 0.25) is 97.7 Å². The van der Waals surface area contributed by atoms with Crippen LogP contribution in [0.4, 0.5) is 0 Å². The third-order valence-electron chi connectivity index (χ3n) is 27.9. The van der Waals surface area contributed by atoms with Crippen LogP contribution in [0.15, 0.2) is 215 Å². The number of benzene rings is 7. The lowest BCUT2D eigenvalue weighted by molar-refractivity contribution is -0.152. The molecule has 145 heavy (non-hydrogen) atoms. The summed E-state index contributed by atoms with van der Waals surface area (Å²) in [6.45, 7) is 68.3. The molecule has 0 bridgehead atoms. The predicted octanol–water partition coefficient (Wildman–Crippen LogP) is 27.6. The standard InChI is InChI=1S/C60H89N3O9SSi3.C54H85N3O9Si3/c1-44(45(2)71-76(59(6,7)8,47-29-22-18-23-30-47)48-31-24-19-25-32-48)33-34-52(72-75(15,16)58(3,4)5)56-51(69-60(9,10)70-56)37-38-53(73-46-27-20-17-21-28-46)54-49(66-40-26-39-62-63-61)35-36-50(68-43-65-11)55(54)57(64)67-41-42-74(12,13)14;1-40(41(2)65-69(53(6,7)8,42-25-19-17-20-26-42)43-27-21-18-22-28-43)31-32-48(66-68(15,16)52(3,4)5)50-47(63-54(9,10)64-50)30-23-29-44-45(60-36-24-35-56-57-55)33-34-46(62-39-59-11)49(44)51(58)61-37-38-67(12,13)14/h17-25,27-36,44-45,51-53,56H,26,37-43H2,1-16H3;17-22,25-28,31-34,40-41,47-48,50H,23-24,29-30,35-39H2,1-16H3/b34-33-;32-31-/t44-,45-,51+,52?,53?,56+;40-,41-,47+,48?,50+/m11/s1. The molecule has 3 unspecified atom stereocenters. The summed E-state index contributed by atoms with van der Waals surface area (Å²) < 4.78 is 105. The first-order chi connectivity index (χ1) is 68.0. The third kappa shape index (κ3) is 35.3. The fourth-order valence-corrected chi connectivity index (χ4v) is 32.4. The molecule has 2 aliphatic rings. The van der Waals surface area contributed by atoms with Gasteiger partial charge in [0.2, 0.25) is 0 Å². The topological polar surface area (TPSA) is 279 Å².